The summed E-state index contributed by atoms with van der Waals surface area (Å²) in [6, 6.07) is 9.91. The third-order valence-electron chi connectivity index (χ3n) is 9.68. The number of nitrogens with zero attached hydrogens (tertiary/aromatic N) is 8. The van der Waals surface area contributed by atoms with Crippen LogP contribution in [0.15, 0.2) is 54.1 Å². The Labute approximate surface area is 329 Å². The van der Waals surface area contributed by atoms with Gasteiger partial charge in [-0.1, -0.05) is 39.0 Å². The number of imidazole rings is 2. The minimum Gasteiger partial charge on any atom is -0.394 e. The molecule has 0 radical (unpaired) electrons. The maximum absolute atomic E-state index is 14.4. The number of nitrogens with two attached hydrogens (primary N) is 1. The van der Waals surface area contributed by atoms with Crippen LogP contribution in [-0.4, -0.2) is 100 Å². The van der Waals surface area contributed by atoms with Gasteiger partial charge >= 0.3 is 7.82 Å². The van der Waals surface area contributed by atoms with Gasteiger partial charge in [-0.25, -0.2) is 24.5 Å². The molecule has 6 heterocycles. The van der Waals surface area contributed by atoms with Gasteiger partial charge in [0.15, 0.2) is 34.4 Å². The SMILES string of the molecule is CC(C)C(=O)Nc1nc2c(ncn2[C@@H]2O[C@H](CO)[C@@H](C)[C@H]2OP(=O)(OCCC#N)OC[C@H]2O[C@@H](n3cnc4c(NC(=O)c5ccccc5)ncnc43)C[C@@H]2N)c(=O)[nH]1. The number of aliphatic hydroxyl groups excluding tert-OH is 1. The van der Waals surface area contributed by atoms with E-state index >= 15 is 0 Å². The molecule has 8 atom stereocenters. The van der Waals surface area contributed by atoms with E-state index in [-0.39, 0.29) is 54.9 Å². The molecule has 2 saturated heterocycles. The summed E-state index contributed by atoms with van der Waals surface area (Å²) in [4.78, 5) is 62.2. The predicted octanol–water partition coefficient (Wildman–Crippen LogP) is 2.39. The van der Waals surface area contributed by atoms with Crippen LogP contribution in [0, 0.1) is 23.2 Å². The Bertz CT molecular complexity index is 2430. The van der Waals surface area contributed by atoms with E-state index in [0.717, 1.165) is 0 Å². The highest BCUT2D eigenvalue weighted by atomic mass is 31.2. The summed E-state index contributed by atoms with van der Waals surface area (Å²) in [5, 5.41) is 24.7. The van der Waals surface area contributed by atoms with Crippen molar-refractivity contribution in [1.82, 2.24) is 39.0 Å². The van der Waals surface area contributed by atoms with Crippen LogP contribution >= 0.6 is 7.82 Å². The minimum atomic E-state index is -4.57. The van der Waals surface area contributed by atoms with E-state index < -0.39 is 74.5 Å². The number of phosphoric ester groups is 1. The van der Waals surface area contributed by atoms with Crippen LogP contribution in [0.1, 0.15) is 56.4 Å². The lowest BCUT2D eigenvalue weighted by Gasteiger charge is -2.28. The molecule has 2 fully saturated rings. The molecule has 2 aliphatic heterocycles. The quantitative estimate of drug-likeness (QED) is 0.0748. The number of ether oxygens (including phenoxy) is 2. The second kappa shape index (κ2) is 17.2. The van der Waals surface area contributed by atoms with Crippen LogP contribution in [0.25, 0.3) is 22.3 Å². The zero-order valence-corrected chi connectivity index (χ0v) is 32.4. The van der Waals surface area contributed by atoms with Gasteiger partial charge in [0, 0.05) is 29.9 Å². The highest BCUT2D eigenvalue weighted by Crippen LogP contribution is 2.55. The van der Waals surface area contributed by atoms with E-state index in [0.29, 0.717) is 16.7 Å². The number of fused-ring (bicyclic) bond motifs is 2. The van der Waals surface area contributed by atoms with Crippen molar-refractivity contribution in [3.8, 4) is 6.07 Å². The van der Waals surface area contributed by atoms with Crippen molar-refractivity contribution in [3.63, 3.8) is 0 Å². The number of carbonyl (C=O) groups excluding carboxylic acids is 2. The number of hydrogen-bond donors (Lipinski definition) is 5. The average molecular weight is 821 g/mol. The van der Waals surface area contributed by atoms with Crippen molar-refractivity contribution in [2.24, 2.45) is 17.6 Å². The Morgan fingerprint density at radius 1 is 1.07 bits per heavy atom. The Morgan fingerprint density at radius 3 is 2.57 bits per heavy atom. The maximum Gasteiger partial charge on any atom is 0.475 e. The summed E-state index contributed by atoms with van der Waals surface area (Å²) in [5.74, 6) is -1.75. The molecule has 6 N–H and O–H groups in total. The Hall–Kier alpha value is -5.50. The summed E-state index contributed by atoms with van der Waals surface area (Å²) >= 11 is 0. The zero-order chi connectivity index (χ0) is 41.1. The highest BCUT2D eigenvalue weighted by Gasteiger charge is 2.49. The molecule has 0 bridgehead atoms. The fourth-order valence-electron chi connectivity index (χ4n) is 6.49. The normalized spacial score (nSPS) is 24.3. The van der Waals surface area contributed by atoms with Gasteiger partial charge in [0.2, 0.25) is 11.9 Å². The standard InChI is InChI=1S/C35H41N12O10P/c1-18(2)31(49)44-35-43-30-26(33(51)45-35)41-17-47(30)34-27(19(3)22(13-48)56-34)57-58(52,53-11-7-10-36)54-14-23-21(37)12-24(55-23)46-16-40-25-28(38-15-39-29(25)46)42-32(50)20-8-5-4-6-9-20/h4-6,8-9,15-19,21-24,27,34,48H,7,11-14,37H2,1-3H3,(H,38,39,42,50)(H2,43,44,45,49,51)/t19-,21+,22-,23-,24-,27-,34-,58?/m1/s1. The molecule has 2 amide bonds. The van der Waals surface area contributed by atoms with E-state index in [1.165, 1.54) is 23.5 Å². The second-order valence-electron chi connectivity index (χ2n) is 13.9. The number of nitriles is 1. The van der Waals surface area contributed by atoms with E-state index in [4.69, 9.17) is 28.8 Å². The van der Waals surface area contributed by atoms with Crippen LogP contribution in [0.5, 0.6) is 0 Å². The number of hydrogen-bond acceptors (Lipinski definition) is 17. The molecule has 0 aliphatic carbocycles. The van der Waals surface area contributed by atoms with Gasteiger partial charge in [-0.05, 0) is 12.1 Å². The fraction of sp³-hybridized carbons (Fsp3) is 0.457. The lowest BCUT2D eigenvalue weighted by Crippen LogP contribution is -2.34. The molecular weight excluding hydrogens is 779 g/mol. The molecule has 1 unspecified atom stereocenters. The van der Waals surface area contributed by atoms with Crippen LogP contribution in [0.4, 0.5) is 11.8 Å². The summed E-state index contributed by atoms with van der Waals surface area (Å²) in [6.07, 6.45) is -0.545. The predicted molar refractivity (Wildman–Crippen MR) is 203 cm³/mol. The smallest absolute Gasteiger partial charge is 0.394 e. The van der Waals surface area contributed by atoms with Crippen LogP contribution in [0.2, 0.25) is 0 Å². The molecule has 7 rings (SSSR count). The maximum atomic E-state index is 14.4. The van der Waals surface area contributed by atoms with E-state index in [2.05, 4.69) is 40.5 Å². The molecule has 5 aromatic rings. The van der Waals surface area contributed by atoms with Crippen molar-refractivity contribution < 1.29 is 42.3 Å². The first-order valence-corrected chi connectivity index (χ1v) is 19.8. The summed E-state index contributed by atoms with van der Waals surface area (Å²) in [7, 11) is -4.57. The first-order valence-electron chi connectivity index (χ1n) is 18.3. The van der Waals surface area contributed by atoms with Crippen LogP contribution in [-0.2, 0) is 32.4 Å². The number of aliphatic hydroxyl groups is 1. The molecule has 1 aromatic carbocycles. The molecule has 2 aliphatic rings. The number of rotatable bonds is 15. The van der Waals surface area contributed by atoms with Crippen molar-refractivity contribution in [3.05, 3.63) is 65.2 Å². The van der Waals surface area contributed by atoms with Crippen molar-refractivity contribution in [1.29, 1.82) is 5.26 Å². The topological polar surface area (TPSA) is 299 Å². The summed E-state index contributed by atoms with van der Waals surface area (Å²) < 4.78 is 47.4. The number of carbonyl (C=O) groups is 2. The van der Waals surface area contributed by atoms with Gasteiger partial charge in [-0.2, -0.15) is 10.2 Å². The number of amides is 2. The third-order valence-corrected chi connectivity index (χ3v) is 11.1. The second-order valence-corrected chi connectivity index (χ2v) is 15.6. The molecule has 0 spiro atoms. The number of anilines is 2. The third kappa shape index (κ3) is 8.38. The van der Waals surface area contributed by atoms with E-state index in [9.17, 15) is 29.3 Å². The van der Waals surface area contributed by atoms with Gasteiger partial charge < -0.3 is 25.6 Å². The van der Waals surface area contributed by atoms with Gasteiger partial charge in [-0.3, -0.25) is 47.4 Å². The largest absolute Gasteiger partial charge is 0.475 e. The zero-order valence-electron chi connectivity index (χ0n) is 31.5. The van der Waals surface area contributed by atoms with Gasteiger partial charge in [0.25, 0.3) is 11.5 Å². The van der Waals surface area contributed by atoms with Crippen molar-refractivity contribution in [2.45, 2.75) is 70.4 Å². The average Bonchev–Trinajstić information content (AvgIpc) is 3.99. The first-order chi connectivity index (χ1) is 27.9. The number of nitrogens with one attached hydrogen (secondary N) is 3. The molecule has 0 saturated carbocycles. The van der Waals surface area contributed by atoms with Gasteiger partial charge in [0.1, 0.15) is 18.7 Å². The van der Waals surface area contributed by atoms with Crippen LogP contribution in [0.3, 0.4) is 0 Å². The van der Waals surface area contributed by atoms with Crippen molar-refractivity contribution in [2.75, 3.05) is 30.5 Å². The minimum absolute atomic E-state index is 0.00714. The van der Waals surface area contributed by atoms with E-state index in [1.807, 2.05) is 6.07 Å². The summed E-state index contributed by atoms with van der Waals surface area (Å²) in [5.41, 5.74) is 6.90. The van der Waals surface area contributed by atoms with Gasteiger partial charge in [-0.15, -0.1) is 0 Å². The molecule has 23 heteroatoms. The Morgan fingerprint density at radius 2 is 1.83 bits per heavy atom. The number of aromatic nitrogens is 8. The lowest BCUT2D eigenvalue weighted by molar-refractivity contribution is -0.118. The number of benzene rings is 1. The van der Waals surface area contributed by atoms with Crippen LogP contribution < -0.4 is 21.9 Å². The molecule has 58 heavy (non-hydrogen) atoms. The van der Waals surface area contributed by atoms with E-state index in [1.54, 1.807) is 55.7 Å². The number of phosphoric acid groups is 1. The first kappa shape index (κ1) is 40.7. The molecule has 4 aromatic heterocycles. The highest BCUT2D eigenvalue weighted by molar-refractivity contribution is 7.48. The lowest BCUT2D eigenvalue weighted by atomic mass is 10.0. The van der Waals surface area contributed by atoms with Gasteiger partial charge in [0.05, 0.1) is 57.2 Å². The molecular formula is C35H41N12O10P. The number of H-pyrrole nitrogens is 1. The molecule has 22 nitrogen and oxygen atoms in total. The molecule has 306 valence electrons. The van der Waals surface area contributed by atoms with Crippen molar-refractivity contribution >= 4 is 53.7 Å². The summed E-state index contributed by atoms with van der Waals surface area (Å²) in [6.45, 7) is 3.90. The monoisotopic (exact) mass is 820 g/mol. The fourth-order valence-corrected chi connectivity index (χ4v) is 7.92. The Kier molecular flexibility index (Phi) is 12.0. The number of aromatic amines is 1. The Balaban J connectivity index is 1.09.